The quantitative estimate of drug-likeness (QED) is 0.585. The number of nitrogen functional groups attached to an aromatic ring is 1. The fourth-order valence-electron chi connectivity index (χ4n) is 1.44. The van der Waals surface area contributed by atoms with Gasteiger partial charge in [0, 0.05) is 26.0 Å². The number of hydrogen-bond donors (Lipinski definition) is 1. The van der Waals surface area contributed by atoms with E-state index in [1.165, 1.54) is 12.1 Å². The van der Waals surface area contributed by atoms with E-state index in [-0.39, 0.29) is 22.3 Å². The van der Waals surface area contributed by atoms with Crippen LogP contribution in [-0.2, 0) is 19.3 Å². The minimum atomic E-state index is -3.47. The average molecular weight is 308 g/mol. The smallest absolute Gasteiger partial charge is 0.182 e. The van der Waals surface area contributed by atoms with Gasteiger partial charge in [-0.15, -0.1) is 0 Å². The molecule has 0 aliphatic rings. The van der Waals surface area contributed by atoms with E-state index in [4.69, 9.17) is 26.8 Å². The molecule has 0 atom stereocenters. The van der Waals surface area contributed by atoms with Crippen LogP contribution >= 0.6 is 11.6 Å². The normalized spacial score (nSPS) is 11.7. The molecule has 0 aliphatic carbocycles. The van der Waals surface area contributed by atoms with Gasteiger partial charge in [0.2, 0.25) is 0 Å². The van der Waals surface area contributed by atoms with Crippen molar-refractivity contribution in [2.75, 3.05) is 38.4 Å². The molecule has 5 nitrogen and oxygen atoms in total. The van der Waals surface area contributed by atoms with Gasteiger partial charge >= 0.3 is 0 Å². The highest BCUT2D eigenvalue weighted by Gasteiger charge is 2.18. The molecule has 0 saturated carbocycles. The summed E-state index contributed by atoms with van der Waals surface area (Å²) in [6.07, 6.45) is 0.732. The Hall–Kier alpha value is -0.820. The van der Waals surface area contributed by atoms with Crippen molar-refractivity contribution in [2.45, 2.75) is 11.3 Å². The lowest BCUT2D eigenvalue weighted by atomic mass is 10.3. The summed E-state index contributed by atoms with van der Waals surface area (Å²) in [6, 6.07) is 4.40. The highest BCUT2D eigenvalue weighted by atomic mass is 35.5. The molecule has 1 aromatic rings. The largest absolute Gasteiger partial charge is 0.399 e. The minimum absolute atomic E-state index is 0.0506. The van der Waals surface area contributed by atoms with E-state index in [2.05, 4.69) is 0 Å². The summed E-state index contributed by atoms with van der Waals surface area (Å²) in [5.74, 6) is -0.122. The second-order valence-electron chi connectivity index (χ2n) is 3.97. The molecule has 7 heteroatoms. The Labute approximate surface area is 118 Å². The Morgan fingerprint density at radius 2 is 2.00 bits per heavy atom. The van der Waals surface area contributed by atoms with Crippen LogP contribution in [0.2, 0.25) is 5.02 Å². The van der Waals surface area contributed by atoms with Gasteiger partial charge < -0.3 is 15.2 Å². The van der Waals surface area contributed by atoms with Crippen LogP contribution in [0.3, 0.4) is 0 Å². The second-order valence-corrected chi connectivity index (χ2v) is 6.45. The molecule has 0 bridgehead atoms. The zero-order valence-electron chi connectivity index (χ0n) is 10.8. The Bertz CT molecular complexity index is 504. The molecule has 0 radical (unpaired) electrons. The lowest BCUT2D eigenvalue weighted by Crippen LogP contribution is -2.14. The van der Waals surface area contributed by atoms with Crippen molar-refractivity contribution < 1.29 is 17.9 Å². The molecule has 2 N–H and O–H groups in total. The molecular formula is C12H18ClNO4S. The third-order valence-corrected chi connectivity index (χ3v) is 4.58. The highest BCUT2D eigenvalue weighted by Crippen LogP contribution is 2.24. The van der Waals surface area contributed by atoms with E-state index < -0.39 is 9.84 Å². The van der Waals surface area contributed by atoms with Crippen LogP contribution in [0, 0.1) is 0 Å². The SMILES string of the molecule is COCCCOCCS(=O)(=O)c1cc(N)ccc1Cl. The van der Waals surface area contributed by atoms with E-state index >= 15 is 0 Å². The summed E-state index contributed by atoms with van der Waals surface area (Å²) in [5.41, 5.74) is 5.93. The fraction of sp³-hybridized carbons (Fsp3) is 0.500. The maximum Gasteiger partial charge on any atom is 0.182 e. The Balaban J connectivity index is 2.54. The summed E-state index contributed by atoms with van der Waals surface area (Å²) in [4.78, 5) is 0.0506. The molecule has 0 spiro atoms. The number of anilines is 1. The third kappa shape index (κ3) is 5.36. The summed E-state index contributed by atoms with van der Waals surface area (Å²) >= 11 is 5.87. The van der Waals surface area contributed by atoms with Crippen LogP contribution < -0.4 is 5.73 Å². The summed E-state index contributed by atoms with van der Waals surface area (Å²) < 4.78 is 34.2. The first kappa shape index (κ1) is 16.2. The van der Waals surface area contributed by atoms with E-state index in [1.807, 2.05) is 0 Å². The van der Waals surface area contributed by atoms with E-state index in [0.29, 0.717) is 18.9 Å². The van der Waals surface area contributed by atoms with Crippen LogP contribution in [-0.4, -0.2) is 41.1 Å². The number of hydrogen-bond acceptors (Lipinski definition) is 5. The molecule has 0 amide bonds. The maximum absolute atomic E-state index is 12.0. The van der Waals surface area contributed by atoms with Crippen molar-refractivity contribution >= 4 is 27.1 Å². The maximum atomic E-state index is 12.0. The van der Waals surface area contributed by atoms with Gasteiger partial charge in [-0.2, -0.15) is 0 Å². The standard InChI is InChI=1S/C12H18ClNO4S/c1-17-5-2-6-18-7-8-19(15,16)12-9-10(14)3-4-11(12)13/h3-4,9H,2,5-8,14H2,1H3. The third-order valence-electron chi connectivity index (χ3n) is 2.42. The number of sulfone groups is 1. The Morgan fingerprint density at radius 1 is 1.26 bits per heavy atom. The van der Waals surface area contributed by atoms with Crippen LogP contribution in [0.15, 0.2) is 23.1 Å². The molecule has 19 heavy (non-hydrogen) atoms. The molecule has 0 aliphatic heterocycles. The predicted octanol–water partition coefficient (Wildman–Crippen LogP) is 1.75. The van der Waals surface area contributed by atoms with Crippen molar-refractivity contribution in [3.63, 3.8) is 0 Å². The van der Waals surface area contributed by atoms with E-state index in [9.17, 15) is 8.42 Å². The van der Waals surface area contributed by atoms with Gasteiger partial charge in [0.25, 0.3) is 0 Å². The summed E-state index contributed by atoms with van der Waals surface area (Å²) in [7, 11) is -1.87. The number of rotatable bonds is 8. The molecule has 0 unspecified atom stereocenters. The van der Waals surface area contributed by atoms with E-state index in [1.54, 1.807) is 13.2 Å². The lowest BCUT2D eigenvalue weighted by Gasteiger charge is -2.08. The molecule has 108 valence electrons. The fourth-order valence-corrected chi connectivity index (χ4v) is 3.15. The molecule has 0 heterocycles. The first-order chi connectivity index (χ1) is 8.97. The van der Waals surface area contributed by atoms with Crippen LogP contribution in [0.5, 0.6) is 0 Å². The van der Waals surface area contributed by atoms with Crippen molar-refractivity contribution in [1.29, 1.82) is 0 Å². The molecule has 1 aromatic carbocycles. The monoisotopic (exact) mass is 307 g/mol. The van der Waals surface area contributed by atoms with Crippen molar-refractivity contribution in [1.82, 2.24) is 0 Å². The van der Waals surface area contributed by atoms with Crippen LogP contribution in [0.25, 0.3) is 0 Å². The molecule has 1 rings (SSSR count). The van der Waals surface area contributed by atoms with Gasteiger partial charge in [0.15, 0.2) is 9.84 Å². The highest BCUT2D eigenvalue weighted by molar-refractivity contribution is 7.91. The second kappa shape index (κ2) is 7.69. The van der Waals surface area contributed by atoms with Crippen molar-refractivity contribution in [3.05, 3.63) is 23.2 Å². The molecular weight excluding hydrogens is 290 g/mol. The predicted molar refractivity (Wildman–Crippen MR) is 75.2 cm³/mol. The average Bonchev–Trinajstić information content (AvgIpc) is 2.36. The summed E-state index contributed by atoms with van der Waals surface area (Å²) in [6.45, 7) is 1.18. The number of ether oxygens (including phenoxy) is 2. The van der Waals surface area contributed by atoms with Crippen LogP contribution in [0.1, 0.15) is 6.42 Å². The van der Waals surface area contributed by atoms with Crippen molar-refractivity contribution in [2.24, 2.45) is 0 Å². The first-order valence-corrected chi connectivity index (χ1v) is 7.85. The van der Waals surface area contributed by atoms with Gasteiger partial charge in [-0.05, 0) is 24.6 Å². The zero-order valence-corrected chi connectivity index (χ0v) is 12.3. The lowest BCUT2D eigenvalue weighted by molar-refractivity contribution is 0.112. The number of halogens is 1. The number of benzene rings is 1. The van der Waals surface area contributed by atoms with E-state index in [0.717, 1.165) is 6.42 Å². The topological polar surface area (TPSA) is 78.6 Å². The zero-order chi connectivity index (χ0) is 14.3. The number of methoxy groups -OCH3 is 1. The summed E-state index contributed by atoms with van der Waals surface area (Å²) in [5, 5.41) is 0.175. The molecule has 0 fully saturated rings. The van der Waals surface area contributed by atoms with Gasteiger partial charge in [-0.3, -0.25) is 0 Å². The Morgan fingerprint density at radius 3 is 2.68 bits per heavy atom. The van der Waals surface area contributed by atoms with Gasteiger partial charge in [-0.1, -0.05) is 11.6 Å². The molecule has 0 saturated heterocycles. The molecule has 0 aromatic heterocycles. The first-order valence-electron chi connectivity index (χ1n) is 5.82. The van der Waals surface area contributed by atoms with Gasteiger partial charge in [0.1, 0.15) is 0 Å². The minimum Gasteiger partial charge on any atom is -0.399 e. The van der Waals surface area contributed by atoms with Crippen LogP contribution in [0.4, 0.5) is 5.69 Å². The van der Waals surface area contributed by atoms with Gasteiger partial charge in [-0.25, -0.2) is 8.42 Å². The van der Waals surface area contributed by atoms with Crippen molar-refractivity contribution in [3.8, 4) is 0 Å². The Kier molecular flexibility index (Phi) is 6.57. The van der Waals surface area contributed by atoms with Gasteiger partial charge in [0.05, 0.1) is 22.3 Å². The number of nitrogens with two attached hydrogens (primary N) is 1.